The average molecular weight is 366 g/mol. The van der Waals surface area contributed by atoms with Crippen LogP contribution in [0.15, 0.2) is 45.8 Å². The first-order valence-electron chi connectivity index (χ1n) is 6.44. The van der Waals surface area contributed by atoms with Crippen LogP contribution in [0.25, 0.3) is 0 Å². The summed E-state index contributed by atoms with van der Waals surface area (Å²) in [6.07, 6.45) is 0. The van der Waals surface area contributed by atoms with E-state index in [0.29, 0.717) is 11.4 Å². The van der Waals surface area contributed by atoms with Crippen LogP contribution in [0.2, 0.25) is 0 Å². The van der Waals surface area contributed by atoms with Crippen molar-refractivity contribution in [1.82, 2.24) is 0 Å². The number of carbonyl (C=O) groups is 1. The molecule has 0 heterocycles. The average Bonchev–Trinajstić information content (AvgIpc) is 2.41. The number of nitrogens with one attached hydrogen (secondary N) is 1. The largest absolute Gasteiger partial charge is 0.508 e. The van der Waals surface area contributed by atoms with Gasteiger partial charge in [-0.2, -0.15) is 0 Å². The van der Waals surface area contributed by atoms with Gasteiger partial charge in [0.15, 0.2) is 0 Å². The summed E-state index contributed by atoms with van der Waals surface area (Å²) in [4.78, 5) is 13.0. The van der Waals surface area contributed by atoms with Crippen molar-refractivity contribution in [2.45, 2.75) is 18.7 Å². The molecule has 0 aliphatic heterocycles. The van der Waals surface area contributed by atoms with Crippen LogP contribution < -0.4 is 5.32 Å². The number of aryl methyl sites for hydroxylation is 2. The van der Waals surface area contributed by atoms with Gasteiger partial charge in [0.1, 0.15) is 5.75 Å². The van der Waals surface area contributed by atoms with Gasteiger partial charge in [-0.05, 0) is 49.2 Å². The second kappa shape index (κ2) is 7.00. The van der Waals surface area contributed by atoms with Crippen molar-refractivity contribution in [2.24, 2.45) is 0 Å². The summed E-state index contributed by atoms with van der Waals surface area (Å²) in [5.74, 6) is 0.378. The molecule has 110 valence electrons. The molecule has 0 saturated carbocycles. The number of phenols is 1. The van der Waals surface area contributed by atoms with Gasteiger partial charge in [-0.15, -0.1) is 11.8 Å². The van der Waals surface area contributed by atoms with Crippen LogP contribution in [0.5, 0.6) is 5.75 Å². The van der Waals surface area contributed by atoms with Gasteiger partial charge in [-0.1, -0.05) is 22.0 Å². The Kier molecular flexibility index (Phi) is 5.31. The van der Waals surface area contributed by atoms with Crippen LogP contribution in [0.4, 0.5) is 5.69 Å². The fourth-order valence-corrected chi connectivity index (χ4v) is 3.20. The van der Waals surface area contributed by atoms with Crippen molar-refractivity contribution in [3.05, 3.63) is 52.0 Å². The second-order valence-electron chi connectivity index (χ2n) is 4.75. The second-order valence-corrected chi connectivity index (χ2v) is 6.63. The molecule has 0 aromatic heterocycles. The van der Waals surface area contributed by atoms with E-state index in [2.05, 4.69) is 33.4 Å². The number of hydrogen-bond acceptors (Lipinski definition) is 3. The van der Waals surface area contributed by atoms with Crippen LogP contribution >= 0.6 is 27.7 Å². The third-order valence-corrected chi connectivity index (χ3v) is 4.96. The standard InChI is InChI=1S/C16H16BrNO2S/c1-10-7-15(11(2)6-14(10)17)21-9-16(20)18-12-4-3-5-13(19)8-12/h3-8,19H,9H2,1-2H3,(H,18,20). The van der Waals surface area contributed by atoms with Crippen molar-refractivity contribution in [2.75, 3.05) is 11.1 Å². The minimum Gasteiger partial charge on any atom is -0.508 e. The normalized spacial score (nSPS) is 10.4. The molecule has 2 aromatic rings. The summed E-state index contributed by atoms with van der Waals surface area (Å²) in [5, 5.41) is 12.1. The number of carbonyl (C=O) groups excluding carboxylic acids is 1. The SMILES string of the molecule is Cc1cc(SCC(=O)Nc2cccc(O)c2)c(C)cc1Br. The van der Waals surface area contributed by atoms with Crippen molar-refractivity contribution in [3.63, 3.8) is 0 Å². The number of rotatable bonds is 4. The quantitative estimate of drug-likeness (QED) is 0.784. The van der Waals surface area contributed by atoms with Crippen LogP contribution in [-0.2, 0) is 4.79 Å². The molecule has 0 spiro atoms. The first-order valence-corrected chi connectivity index (χ1v) is 8.22. The number of phenolic OH excluding ortho intramolecular Hbond substituents is 1. The number of anilines is 1. The lowest BCUT2D eigenvalue weighted by molar-refractivity contribution is -0.113. The van der Waals surface area contributed by atoms with Gasteiger partial charge >= 0.3 is 0 Å². The fraction of sp³-hybridized carbons (Fsp3) is 0.188. The van der Waals surface area contributed by atoms with Crippen molar-refractivity contribution in [1.29, 1.82) is 0 Å². The van der Waals surface area contributed by atoms with E-state index >= 15 is 0 Å². The molecule has 0 aliphatic carbocycles. The molecule has 0 radical (unpaired) electrons. The molecule has 3 nitrogen and oxygen atoms in total. The summed E-state index contributed by atoms with van der Waals surface area (Å²) in [6.45, 7) is 4.06. The monoisotopic (exact) mass is 365 g/mol. The molecular weight excluding hydrogens is 350 g/mol. The van der Waals surface area contributed by atoms with E-state index in [-0.39, 0.29) is 11.7 Å². The lowest BCUT2D eigenvalue weighted by Crippen LogP contribution is -2.13. The number of halogens is 1. The number of thioether (sulfide) groups is 1. The van der Waals surface area contributed by atoms with Gasteiger partial charge in [0.25, 0.3) is 0 Å². The van der Waals surface area contributed by atoms with E-state index in [9.17, 15) is 9.90 Å². The summed E-state index contributed by atoms with van der Waals surface area (Å²) in [7, 11) is 0. The zero-order valence-corrected chi connectivity index (χ0v) is 14.2. The fourth-order valence-electron chi connectivity index (χ4n) is 1.83. The van der Waals surface area contributed by atoms with Gasteiger partial charge in [0.05, 0.1) is 5.75 Å². The van der Waals surface area contributed by atoms with E-state index in [4.69, 9.17) is 0 Å². The molecule has 2 rings (SSSR count). The summed E-state index contributed by atoms with van der Waals surface area (Å²) in [6, 6.07) is 10.7. The number of aromatic hydroxyl groups is 1. The van der Waals surface area contributed by atoms with E-state index in [1.165, 1.54) is 17.8 Å². The number of amides is 1. The Morgan fingerprint density at radius 3 is 2.71 bits per heavy atom. The lowest BCUT2D eigenvalue weighted by atomic mass is 10.2. The van der Waals surface area contributed by atoms with E-state index < -0.39 is 0 Å². The predicted molar refractivity (Wildman–Crippen MR) is 91.1 cm³/mol. The molecule has 2 aromatic carbocycles. The highest BCUT2D eigenvalue weighted by Gasteiger charge is 2.07. The van der Waals surface area contributed by atoms with Crippen molar-refractivity contribution >= 4 is 39.3 Å². The molecule has 1 amide bonds. The lowest BCUT2D eigenvalue weighted by Gasteiger charge is -2.09. The first kappa shape index (κ1) is 15.9. The third-order valence-electron chi connectivity index (χ3n) is 2.94. The Morgan fingerprint density at radius 2 is 2.00 bits per heavy atom. The highest BCUT2D eigenvalue weighted by atomic mass is 79.9. The zero-order chi connectivity index (χ0) is 15.4. The van der Waals surface area contributed by atoms with Gasteiger partial charge in [-0.25, -0.2) is 0 Å². The molecular formula is C16H16BrNO2S. The van der Waals surface area contributed by atoms with E-state index in [1.54, 1.807) is 18.2 Å². The van der Waals surface area contributed by atoms with Gasteiger partial charge in [0, 0.05) is 21.1 Å². The van der Waals surface area contributed by atoms with Gasteiger partial charge in [0.2, 0.25) is 5.91 Å². The minimum atomic E-state index is -0.0921. The van der Waals surface area contributed by atoms with Crippen LogP contribution in [0.1, 0.15) is 11.1 Å². The van der Waals surface area contributed by atoms with Crippen molar-refractivity contribution in [3.8, 4) is 5.75 Å². The molecule has 21 heavy (non-hydrogen) atoms. The Bertz CT molecular complexity index is 673. The Hall–Kier alpha value is -1.46. The maximum atomic E-state index is 11.9. The van der Waals surface area contributed by atoms with Crippen LogP contribution in [0, 0.1) is 13.8 Å². The molecule has 2 N–H and O–H groups in total. The van der Waals surface area contributed by atoms with E-state index in [1.807, 2.05) is 13.8 Å². The molecule has 0 saturated heterocycles. The highest BCUT2D eigenvalue weighted by Crippen LogP contribution is 2.28. The molecule has 0 aliphatic rings. The minimum absolute atomic E-state index is 0.0921. The Morgan fingerprint density at radius 1 is 1.24 bits per heavy atom. The Labute approximate surface area is 136 Å². The van der Waals surface area contributed by atoms with Crippen LogP contribution in [-0.4, -0.2) is 16.8 Å². The molecule has 0 fully saturated rings. The molecule has 0 unspecified atom stereocenters. The molecule has 5 heteroatoms. The summed E-state index contributed by atoms with van der Waals surface area (Å²) in [5.41, 5.74) is 2.89. The number of hydrogen-bond donors (Lipinski definition) is 2. The van der Waals surface area contributed by atoms with Gasteiger partial charge in [-0.3, -0.25) is 4.79 Å². The maximum Gasteiger partial charge on any atom is 0.234 e. The topological polar surface area (TPSA) is 49.3 Å². The maximum absolute atomic E-state index is 11.9. The smallest absolute Gasteiger partial charge is 0.234 e. The van der Waals surface area contributed by atoms with Crippen LogP contribution in [0.3, 0.4) is 0 Å². The zero-order valence-electron chi connectivity index (χ0n) is 11.8. The predicted octanol–water partition coefficient (Wildman–Crippen LogP) is 4.50. The van der Waals surface area contributed by atoms with Gasteiger partial charge < -0.3 is 10.4 Å². The molecule has 0 atom stereocenters. The summed E-state index contributed by atoms with van der Waals surface area (Å²) < 4.78 is 1.08. The third kappa shape index (κ3) is 4.51. The van der Waals surface area contributed by atoms with E-state index in [0.717, 1.165) is 20.5 Å². The Balaban J connectivity index is 1.97. The highest BCUT2D eigenvalue weighted by molar-refractivity contribution is 9.10. The summed E-state index contributed by atoms with van der Waals surface area (Å²) >= 11 is 5.01. The number of benzene rings is 2. The molecule has 0 bridgehead atoms. The first-order chi connectivity index (χ1) is 9.95. The van der Waals surface area contributed by atoms with Crippen molar-refractivity contribution < 1.29 is 9.90 Å².